The van der Waals surface area contributed by atoms with E-state index in [2.05, 4.69) is 125 Å². The molecule has 0 saturated carbocycles. The Labute approximate surface area is 190 Å². The van der Waals surface area contributed by atoms with Crippen molar-refractivity contribution in [2.45, 2.75) is 155 Å². The van der Waals surface area contributed by atoms with Crippen LogP contribution in [0.25, 0.3) is 0 Å². The molecule has 1 saturated heterocycles. The molecule has 1 aliphatic rings. The van der Waals surface area contributed by atoms with E-state index >= 15 is 0 Å². The van der Waals surface area contributed by atoms with Gasteiger partial charge >= 0.3 is 192 Å². The molecule has 1 rings (SSSR count). The van der Waals surface area contributed by atoms with E-state index in [4.69, 9.17) is 0 Å². The van der Waals surface area contributed by atoms with E-state index < -0.39 is 17.4 Å². The van der Waals surface area contributed by atoms with Gasteiger partial charge in [0, 0.05) is 0 Å². The van der Waals surface area contributed by atoms with Gasteiger partial charge in [-0.2, -0.15) is 0 Å². The van der Waals surface area contributed by atoms with E-state index in [-0.39, 0.29) is 19.3 Å². The predicted octanol–water partition coefficient (Wildman–Crippen LogP) is 9.00. The van der Waals surface area contributed by atoms with Crippen LogP contribution in [0.1, 0.15) is 125 Å². The first-order chi connectivity index (χ1) is 11.7. The summed E-state index contributed by atoms with van der Waals surface area (Å²) in [6.07, 6.45) is 0. The molecule has 0 amide bonds. The van der Waals surface area contributed by atoms with Gasteiger partial charge in [0.1, 0.15) is 0 Å². The van der Waals surface area contributed by atoms with E-state index in [9.17, 15) is 0 Å². The molecular formula is C24H54Si3Te. The minimum absolute atomic E-state index is 0.00904. The molecule has 0 N–H and O–H groups in total. The molecule has 1 aliphatic heterocycles. The Balaban J connectivity index is 4.44. The molecule has 0 aliphatic carbocycles. The first kappa shape index (κ1) is 27.5. The maximum absolute atomic E-state index is 2.70. The molecule has 0 radical (unpaired) electrons. The van der Waals surface area contributed by atoms with Crippen LogP contribution in [0.15, 0.2) is 0 Å². The van der Waals surface area contributed by atoms with E-state index in [1.54, 1.807) is 0 Å². The SMILES string of the molecule is CC(C)(C)[Si]1(C(C)(C)C)[Te][Si](C(C)(C)C)(C(C)(C)C)[Si]1(C(C)(C)C)C(C)(C)C. The number of hydrogen-bond acceptors (Lipinski definition) is 0. The van der Waals surface area contributed by atoms with Crippen molar-refractivity contribution in [2.24, 2.45) is 0 Å². The van der Waals surface area contributed by atoms with Crippen LogP contribution in [0.3, 0.4) is 0 Å². The molecular weight excluding hydrogens is 500 g/mol. The summed E-state index contributed by atoms with van der Waals surface area (Å²) >= 11 is -0.00904. The van der Waals surface area contributed by atoms with Gasteiger partial charge in [0.2, 0.25) is 0 Å². The second kappa shape index (κ2) is 6.72. The Morgan fingerprint density at radius 3 is 0.607 bits per heavy atom. The summed E-state index contributed by atoms with van der Waals surface area (Å²) in [5, 5.41) is -0.0808. The molecule has 0 spiro atoms. The van der Waals surface area contributed by atoms with Gasteiger partial charge in [-0.15, -0.1) is 0 Å². The van der Waals surface area contributed by atoms with E-state index in [0.29, 0.717) is 30.2 Å². The molecule has 168 valence electrons. The number of hydrogen-bond donors (Lipinski definition) is 0. The van der Waals surface area contributed by atoms with Crippen LogP contribution in [-0.2, 0) is 0 Å². The first-order valence-corrected chi connectivity index (χ1v) is 26.2. The average molecular weight is 555 g/mol. The molecule has 0 aromatic carbocycles. The molecule has 0 atom stereocenters. The normalized spacial score (nSPS) is 23.4. The van der Waals surface area contributed by atoms with Crippen molar-refractivity contribution in [2.75, 3.05) is 0 Å². The molecule has 28 heavy (non-hydrogen) atoms. The average Bonchev–Trinajstić information content (AvgIpc) is 2.13. The van der Waals surface area contributed by atoms with Gasteiger partial charge in [0.05, 0.1) is 0 Å². The summed E-state index contributed by atoms with van der Waals surface area (Å²) in [5.74, 6) is 0. The molecule has 0 aromatic rings. The Morgan fingerprint density at radius 1 is 0.321 bits per heavy atom. The molecule has 1 fully saturated rings. The topological polar surface area (TPSA) is 0 Å². The standard InChI is InChI=1S/C24H54Si3Te/c1-19(2,3)25(20(4,5)6)26(21(7,8)9,22(10,11)12)28-27(25,23(13,14)15)24(16,17)18/h1-18H3. The van der Waals surface area contributed by atoms with E-state index in [0.717, 1.165) is 0 Å². The van der Waals surface area contributed by atoms with Crippen molar-refractivity contribution in [3.8, 4) is 0 Å². The molecule has 4 heteroatoms. The monoisotopic (exact) mass is 556 g/mol. The third kappa shape index (κ3) is 3.04. The van der Waals surface area contributed by atoms with Crippen LogP contribution in [0, 0.1) is 0 Å². The van der Waals surface area contributed by atoms with Crippen molar-refractivity contribution < 1.29 is 0 Å². The van der Waals surface area contributed by atoms with E-state index in [1.165, 1.54) is 0 Å². The third-order valence-electron chi connectivity index (χ3n) is 7.84. The maximum atomic E-state index is 2.70. The van der Waals surface area contributed by atoms with Gasteiger partial charge in [-0.3, -0.25) is 0 Å². The molecule has 0 aromatic heterocycles. The van der Waals surface area contributed by atoms with Gasteiger partial charge in [0.25, 0.3) is 0 Å². The summed E-state index contributed by atoms with van der Waals surface area (Å²) in [6, 6.07) is 0. The predicted molar refractivity (Wildman–Crippen MR) is 141 cm³/mol. The molecule has 0 nitrogen and oxygen atoms in total. The van der Waals surface area contributed by atoms with Crippen molar-refractivity contribution >= 4 is 36.7 Å². The van der Waals surface area contributed by atoms with Gasteiger partial charge in [-0.05, 0) is 0 Å². The summed E-state index contributed by atoms with van der Waals surface area (Å²) in [5.41, 5.74) is 0. The van der Waals surface area contributed by atoms with Crippen molar-refractivity contribution in [3.05, 3.63) is 0 Å². The van der Waals surface area contributed by atoms with Crippen molar-refractivity contribution in [1.82, 2.24) is 0 Å². The van der Waals surface area contributed by atoms with Gasteiger partial charge in [-0.1, -0.05) is 0 Å². The fourth-order valence-corrected chi connectivity index (χ4v) is 206. The van der Waals surface area contributed by atoms with Crippen LogP contribution < -0.4 is 0 Å². The van der Waals surface area contributed by atoms with Crippen LogP contribution in [0.2, 0.25) is 30.2 Å². The Hall–Kier alpha value is 1.44. The Bertz CT molecular complexity index is 511. The summed E-state index contributed by atoms with van der Waals surface area (Å²) < 4.78 is 0. The molecule has 1 heterocycles. The zero-order valence-corrected chi connectivity index (χ0v) is 28.2. The van der Waals surface area contributed by atoms with Gasteiger partial charge < -0.3 is 0 Å². The van der Waals surface area contributed by atoms with Gasteiger partial charge in [-0.25, -0.2) is 0 Å². The molecule has 0 unspecified atom stereocenters. The fraction of sp³-hybridized carbons (Fsp3) is 1.00. The van der Waals surface area contributed by atoms with Crippen LogP contribution >= 0.6 is 0 Å². The van der Waals surface area contributed by atoms with E-state index in [1.807, 2.05) is 0 Å². The summed E-state index contributed by atoms with van der Waals surface area (Å²) in [4.78, 5) is 0. The quantitative estimate of drug-likeness (QED) is 0.262. The van der Waals surface area contributed by atoms with Crippen molar-refractivity contribution in [1.29, 1.82) is 0 Å². The van der Waals surface area contributed by atoms with Crippen LogP contribution in [0.5, 0.6) is 0 Å². The zero-order valence-electron chi connectivity index (χ0n) is 22.9. The number of rotatable bonds is 0. The third-order valence-corrected chi connectivity index (χ3v) is 131. The second-order valence-corrected chi connectivity index (χ2v) is 62.7. The Kier molecular flexibility index (Phi) is 6.60. The summed E-state index contributed by atoms with van der Waals surface area (Å²) in [6.45, 7) is 48.4. The molecule has 0 bridgehead atoms. The minimum atomic E-state index is -1.71. The van der Waals surface area contributed by atoms with Crippen molar-refractivity contribution in [3.63, 3.8) is 0 Å². The fourth-order valence-electron chi connectivity index (χ4n) is 8.93. The first-order valence-electron chi connectivity index (χ1n) is 11.4. The van der Waals surface area contributed by atoms with Gasteiger partial charge in [0.15, 0.2) is 0 Å². The Morgan fingerprint density at radius 2 is 0.500 bits per heavy atom. The van der Waals surface area contributed by atoms with Crippen LogP contribution in [0.4, 0.5) is 0 Å². The summed E-state index contributed by atoms with van der Waals surface area (Å²) in [7, 11) is -1.71. The second-order valence-electron chi connectivity index (χ2n) is 15.7. The zero-order chi connectivity index (χ0) is 23.2. The van der Waals surface area contributed by atoms with Crippen LogP contribution in [-0.4, -0.2) is 36.7 Å².